The van der Waals surface area contributed by atoms with Gasteiger partial charge in [-0.3, -0.25) is 9.59 Å². The minimum absolute atomic E-state index is 0.0408. The summed E-state index contributed by atoms with van der Waals surface area (Å²) in [5.41, 5.74) is 6.50. The number of fused-ring (bicyclic) bond motifs is 1. The third kappa shape index (κ3) is 6.16. The van der Waals surface area contributed by atoms with Gasteiger partial charge in [-0.1, -0.05) is 44.2 Å². The summed E-state index contributed by atoms with van der Waals surface area (Å²) in [4.78, 5) is 28.2. The summed E-state index contributed by atoms with van der Waals surface area (Å²) < 4.78 is 0. The number of benzene rings is 2. The van der Waals surface area contributed by atoms with Crippen molar-refractivity contribution < 1.29 is 9.59 Å². The van der Waals surface area contributed by atoms with Crippen LogP contribution >= 0.6 is 0 Å². The number of hydrogen-bond acceptors (Lipinski definition) is 4. The van der Waals surface area contributed by atoms with E-state index < -0.39 is 0 Å². The number of amides is 2. The molecule has 1 heterocycles. The molecule has 2 unspecified atom stereocenters. The summed E-state index contributed by atoms with van der Waals surface area (Å²) in [5, 5.41) is 8.76. The van der Waals surface area contributed by atoms with Gasteiger partial charge in [-0.15, -0.1) is 0 Å². The largest absolute Gasteiger partial charge is 0.350 e. The maximum Gasteiger partial charge on any atom is 0.251 e. The second-order valence-corrected chi connectivity index (χ2v) is 10.6. The smallest absolute Gasteiger partial charge is 0.251 e. The van der Waals surface area contributed by atoms with Gasteiger partial charge < -0.3 is 21.3 Å². The quantitative estimate of drug-likeness (QED) is 0.585. The third-order valence-corrected chi connectivity index (χ3v) is 7.52. The number of carbonyl (C=O) groups excluding carboxylic acids is 2. The summed E-state index contributed by atoms with van der Waals surface area (Å²) in [6.45, 7) is 7.19. The molecule has 4 N–H and O–H groups in total. The van der Waals surface area contributed by atoms with Crippen molar-refractivity contribution in [2.75, 3.05) is 26.2 Å². The van der Waals surface area contributed by atoms with Crippen LogP contribution in [0.5, 0.6) is 0 Å². The Morgan fingerprint density at radius 3 is 2.56 bits per heavy atom. The monoisotopic (exact) mass is 464 g/mol. The predicted octanol–water partition coefficient (Wildman–Crippen LogP) is 3.55. The van der Waals surface area contributed by atoms with E-state index in [1.807, 2.05) is 42.5 Å². The fraction of sp³-hybridized carbons (Fsp3) is 0.571. The molecule has 184 valence electrons. The van der Waals surface area contributed by atoms with Crippen LogP contribution in [0, 0.1) is 17.8 Å². The molecule has 2 aromatic rings. The number of nitrogens with two attached hydrogens (primary N) is 1. The first-order valence-electron chi connectivity index (χ1n) is 12.9. The Hall–Kier alpha value is -2.44. The number of carbonyl (C=O) groups is 2. The van der Waals surface area contributed by atoms with Gasteiger partial charge in [-0.25, -0.2) is 0 Å². The maximum atomic E-state index is 13.3. The summed E-state index contributed by atoms with van der Waals surface area (Å²) >= 11 is 0. The van der Waals surface area contributed by atoms with Crippen LogP contribution in [-0.4, -0.2) is 55.0 Å². The zero-order valence-corrected chi connectivity index (χ0v) is 20.6. The average molecular weight is 465 g/mol. The highest BCUT2D eigenvalue weighted by atomic mass is 16.2. The van der Waals surface area contributed by atoms with E-state index in [1.165, 1.54) is 19.3 Å². The SMILES string of the molecule is CC1CC(C)CC(CN2CC[C@@H](CNC(=O)c3ccc4ccccc4c3)N[C@@H](CCN)C2=O)C1. The number of nitrogens with one attached hydrogen (secondary N) is 2. The van der Waals surface area contributed by atoms with Crippen molar-refractivity contribution in [3.05, 3.63) is 48.0 Å². The first-order chi connectivity index (χ1) is 16.4. The molecular formula is C28H40N4O2. The van der Waals surface area contributed by atoms with E-state index in [9.17, 15) is 9.59 Å². The van der Waals surface area contributed by atoms with Crippen molar-refractivity contribution in [2.45, 2.75) is 58.0 Å². The summed E-state index contributed by atoms with van der Waals surface area (Å²) in [5.74, 6) is 2.12. The first-order valence-corrected chi connectivity index (χ1v) is 12.9. The lowest BCUT2D eigenvalue weighted by Crippen LogP contribution is -2.50. The lowest BCUT2D eigenvalue weighted by molar-refractivity contribution is -0.133. The molecule has 2 aromatic carbocycles. The molecule has 1 saturated heterocycles. The van der Waals surface area contributed by atoms with Gasteiger partial charge in [0, 0.05) is 31.2 Å². The Kier molecular flexibility index (Phi) is 8.22. The Balaban J connectivity index is 1.37. The molecule has 4 rings (SSSR count). The van der Waals surface area contributed by atoms with Gasteiger partial charge >= 0.3 is 0 Å². The normalized spacial score (nSPS) is 28.0. The molecule has 2 amide bonds. The molecule has 6 nitrogen and oxygen atoms in total. The van der Waals surface area contributed by atoms with Gasteiger partial charge in [0.15, 0.2) is 0 Å². The highest BCUT2D eigenvalue weighted by molar-refractivity contribution is 5.98. The second kappa shape index (κ2) is 11.3. The van der Waals surface area contributed by atoms with Gasteiger partial charge in [0.2, 0.25) is 5.91 Å². The van der Waals surface area contributed by atoms with Crippen molar-refractivity contribution in [3.63, 3.8) is 0 Å². The van der Waals surface area contributed by atoms with Gasteiger partial charge in [0.25, 0.3) is 5.91 Å². The maximum absolute atomic E-state index is 13.3. The molecule has 6 heteroatoms. The Morgan fingerprint density at radius 2 is 1.82 bits per heavy atom. The van der Waals surface area contributed by atoms with Crippen LogP contribution in [0.2, 0.25) is 0 Å². The highest BCUT2D eigenvalue weighted by Crippen LogP contribution is 2.33. The lowest BCUT2D eigenvalue weighted by Gasteiger charge is -2.35. The molecule has 2 aliphatic rings. The van der Waals surface area contributed by atoms with Gasteiger partial charge in [-0.2, -0.15) is 0 Å². The molecule has 0 spiro atoms. The standard InChI is InChI=1S/C28H40N4O2/c1-19-13-20(2)15-21(14-19)18-32-12-10-25(31-26(9-11-29)28(32)34)17-30-27(33)24-8-7-22-5-3-4-6-23(22)16-24/h3-8,16,19-21,25-26,31H,9-15,17-18,29H2,1-2H3,(H,30,33)/t19?,20?,21?,25-,26-/m0/s1. The van der Waals surface area contributed by atoms with E-state index in [4.69, 9.17) is 5.73 Å². The van der Waals surface area contributed by atoms with E-state index in [1.54, 1.807) is 0 Å². The zero-order chi connectivity index (χ0) is 24.1. The van der Waals surface area contributed by atoms with Crippen LogP contribution in [0.25, 0.3) is 10.8 Å². The fourth-order valence-electron chi connectivity index (χ4n) is 6.02. The molecular weight excluding hydrogens is 424 g/mol. The van der Waals surface area contributed by atoms with E-state index >= 15 is 0 Å². The average Bonchev–Trinajstić information content (AvgIpc) is 2.96. The highest BCUT2D eigenvalue weighted by Gasteiger charge is 2.33. The van der Waals surface area contributed by atoms with Crippen molar-refractivity contribution in [1.29, 1.82) is 0 Å². The van der Waals surface area contributed by atoms with E-state index in [2.05, 4.69) is 29.4 Å². The third-order valence-electron chi connectivity index (χ3n) is 7.52. The van der Waals surface area contributed by atoms with Crippen molar-refractivity contribution >= 4 is 22.6 Å². The molecule has 1 saturated carbocycles. The number of rotatable bonds is 7. The minimum Gasteiger partial charge on any atom is -0.350 e. The molecule has 4 atom stereocenters. The Morgan fingerprint density at radius 1 is 1.09 bits per heavy atom. The summed E-state index contributed by atoms with van der Waals surface area (Å²) in [6.07, 6.45) is 5.13. The zero-order valence-electron chi connectivity index (χ0n) is 20.6. The molecule has 0 bridgehead atoms. The second-order valence-electron chi connectivity index (χ2n) is 10.6. The Labute approximate surface area is 203 Å². The molecule has 0 radical (unpaired) electrons. The van der Waals surface area contributed by atoms with Gasteiger partial charge in [-0.05, 0) is 79.3 Å². The summed E-state index contributed by atoms with van der Waals surface area (Å²) in [6, 6.07) is 13.6. The molecule has 1 aliphatic heterocycles. The van der Waals surface area contributed by atoms with Gasteiger partial charge in [0.1, 0.15) is 0 Å². The van der Waals surface area contributed by atoms with E-state index in [0.717, 1.165) is 42.1 Å². The molecule has 0 aromatic heterocycles. The topological polar surface area (TPSA) is 87.5 Å². The first kappa shape index (κ1) is 24.7. The Bertz CT molecular complexity index is 983. The van der Waals surface area contributed by atoms with Crippen molar-refractivity contribution in [1.82, 2.24) is 15.5 Å². The number of nitrogens with zero attached hydrogens (tertiary/aromatic N) is 1. The summed E-state index contributed by atoms with van der Waals surface area (Å²) in [7, 11) is 0. The lowest BCUT2D eigenvalue weighted by atomic mass is 9.76. The predicted molar refractivity (Wildman–Crippen MR) is 138 cm³/mol. The minimum atomic E-state index is -0.284. The van der Waals surface area contributed by atoms with Gasteiger partial charge in [0.05, 0.1) is 6.04 Å². The van der Waals surface area contributed by atoms with E-state index in [0.29, 0.717) is 31.0 Å². The van der Waals surface area contributed by atoms with Crippen molar-refractivity contribution in [3.8, 4) is 0 Å². The van der Waals surface area contributed by atoms with E-state index in [-0.39, 0.29) is 23.9 Å². The fourth-order valence-corrected chi connectivity index (χ4v) is 6.02. The van der Waals surface area contributed by atoms with Crippen LogP contribution in [0.1, 0.15) is 56.3 Å². The molecule has 1 aliphatic carbocycles. The van der Waals surface area contributed by atoms with Crippen LogP contribution in [-0.2, 0) is 4.79 Å². The van der Waals surface area contributed by atoms with Crippen molar-refractivity contribution in [2.24, 2.45) is 23.5 Å². The molecule has 34 heavy (non-hydrogen) atoms. The van der Waals surface area contributed by atoms with Crippen LogP contribution in [0.15, 0.2) is 42.5 Å². The van der Waals surface area contributed by atoms with Crippen LogP contribution < -0.4 is 16.4 Å². The van der Waals surface area contributed by atoms with Crippen LogP contribution in [0.4, 0.5) is 0 Å². The number of hydrogen-bond donors (Lipinski definition) is 3. The molecule has 2 fully saturated rings. The van der Waals surface area contributed by atoms with Crippen LogP contribution in [0.3, 0.4) is 0 Å².